The number of hydroxylamine groups is 4. The zero-order chi connectivity index (χ0) is 39.5. The molecule has 10 rings (SSSR count). The molecule has 3 fully saturated rings. The number of fused-ring (bicyclic) bond motifs is 10. The van der Waals surface area contributed by atoms with E-state index >= 15 is 0 Å². The van der Waals surface area contributed by atoms with Crippen molar-refractivity contribution in [3.05, 3.63) is 160 Å². The fourth-order valence-electron chi connectivity index (χ4n) is 10.2. The Hall–Kier alpha value is -5.49. The number of hydrogen-bond acceptors (Lipinski definition) is 8. The van der Waals surface area contributed by atoms with E-state index in [1.54, 1.807) is 36.4 Å². The zero-order valence-corrected chi connectivity index (χ0v) is 31.7. The van der Waals surface area contributed by atoms with Crippen LogP contribution in [0.4, 0.5) is 18.9 Å². The third kappa shape index (κ3) is 6.45. The molecule has 0 N–H and O–H groups in total. The molecule has 58 heavy (non-hydrogen) atoms. The third-order valence-corrected chi connectivity index (χ3v) is 12.8. The second kappa shape index (κ2) is 14.7. The quantitative estimate of drug-likeness (QED) is 0.162. The molecule has 3 heterocycles. The summed E-state index contributed by atoms with van der Waals surface area (Å²) < 4.78 is 46.7. The number of carbonyl (C=O) groups excluding carboxylic acids is 2. The summed E-state index contributed by atoms with van der Waals surface area (Å²) in [5.41, 5.74) is 8.32. The standard InChI is InChI=1S/C47H42F3N3O5/c48-47(49,50)34-16-14-29(15-17-34)35-12-7-13-36-33-27-39(53(41(28-33)42(35)36)58-46(55)31-10-5-2-6-11-31)38-19-18-37-32-20-21-52(57-45(54)30-8-3-1-4-9-30)40(26-32)43(37)44(38)51-22-24-56-25-23-51/h1-19,32-33,39-41H,20-28H2. The number of piperidine rings is 2. The molecule has 3 saturated heterocycles. The minimum absolute atomic E-state index is 0.111. The van der Waals surface area contributed by atoms with Crippen molar-refractivity contribution in [2.75, 3.05) is 37.7 Å². The van der Waals surface area contributed by atoms with Crippen LogP contribution in [0.3, 0.4) is 0 Å². The molecule has 0 saturated carbocycles. The number of hydrogen-bond donors (Lipinski definition) is 0. The molecule has 5 aromatic rings. The van der Waals surface area contributed by atoms with Gasteiger partial charge < -0.3 is 19.3 Å². The monoisotopic (exact) mass is 785 g/mol. The van der Waals surface area contributed by atoms with E-state index in [4.69, 9.17) is 14.4 Å². The van der Waals surface area contributed by atoms with Gasteiger partial charge in [0.2, 0.25) is 0 Å². The van der Waals surface area contributed by atoms with E-state index < -0.39 is 17.7 Å². The first-order chi connectivity index (χ1) is 28.2. The zero-order valence-electron chi connectivity index (χ0n) is 31.7. The molecule has 5 atom stereocenters. The predicted octanol–water partition coefficient (Wildman–Crippen LogP) is 9.96. The van der Waals surface area contributed by atoms with E-state index in [1.807, 2.05) is 46.5 Å². The predicted molar refractivity (Wildman–Crippen MR) is 211 cm³/mol. The van der Waals surface area contributed by atoms with Crippen molar-refractivity contribution < 1.29 is 37.2 Å². The minimum atomic E-state index is -4.45. The topological polar surface area (TPSA) is 71.6 Å². The van der Waals surface area contributed by atoms with Crippen molar-refractivity contribution >= 4 is 17.6 Å². The molecule has 5 aliphatic rings. The maximum Gasteiger partial charge on any atom is 0.416 e. The maximum atomic E-state index is 14.1. The SMILES string of the molecule is O=C(ON1CCC2CC1c1c2ccc(C2CC3CC(c4c(-c5ccc(C(F)(F)F)cc5)cccc43)N2OC(=O)c2ccccc2)c1N1CCOCC1)c1ccccc1. The number of carbonyl (C=O) groups is 2. The van der Waals surface area contributed by atoms with Crippen molar-refractivity contribution in [2.45, 2.75) is 61.8 Å². The summed E-state index contributed by atoms with van der Waals surface area (Å²) in [5.74, 6) is -0.445. The van der Waals surface area contributed by atoms with Gasteiger partial charge in [-0.25, -0.2) is 9.59 Å². The molecule has 0 spiro atoms. The van der Waals surface area contributed by atoms with Gasteiger partial charge in [0.05, 0.1) is 48.0 Å². The smallest absolute Gasteiger partial charge is 0.378 e. The number of anilines is 1. The van der Waals surface area contributed by atoms with E-state index in [1.165, 1.54) is 17.7 Å². The van der Waals surface area contributed by atoms with Crippen LogP contribution in [0, 0.1) is 0 Å². The van der Waals surface area contributed by atoms with Crippen LogP contribution in [0.2, 0.25) is 0 Å². The van der Waals surface area contributed by atoms with E-state index in [-0.39, 0.29) is 30.0 Å². The van der Waals surface area contributed by atoms with Gasteiger partial charge in [-0.2, -0.15) is 13.2 Å². The number of nitrogens with zero attached hydrogens (tertiary/aromatic N) is 3. The van der Waals surface area contributed by atoms with Crippen LogP contribution in [0.25, 0.3) is 11.1 Å². The molecule has 0 amide bonds. The lowest BCUT2D eigenvalue weighted by Gasteiger charge is -2.42. The van der Waals surface area contributed by atoms with Gasteiger partial charge in [-0.3, -0.25) is 0 Å². The minimum Gasteiger partial charge on any atom is -0.378 e. The number of rotatable bonds is 7. The average Bonchev–Trinajstić information content (AvgIpc) is 3.74. The first-order valence-electron chi connectivity index (χ1n) is 20.1. The summed E-state index contributed by atoms with van der Waals surface area (Å²) in [5, 5.41) is 3.75. The number of halogens is 3. The van der Waals surface area contributed by atoms with Gasteiger partial charge in [0.1, 0.15) is 0 Å². The molecule has 2 aliphatic carbocycles. The summed E-state index contributed by atoms with van der Waals surface area (Å²) in [6.45, 7) is 3.08. The largest absolute Gasteiger partial charge is 0.416 e. The van der Waals surface area contributed by atoms with Crippen molar-refractivity contribution in [2.24, 2.45) is 0 Å². The summed E-state index contributed by atoms with van der Waals surface area (Å²) in [6.07, 6.45) is -1.43. The molecule has 4 bridgehead atoms. The Morgan fingerprint density at radius 2 is 1.22 bits per heavy atom. The van der Waals surface area contributed by atoms with E-state index in [9.17, 15) is 22.8 Å². The number of alkyl halides is 3. The molecular formula is C47H42F3N3O5. The molecule has 8 nitrogen and oxygen atoms in total. The third-order valence-electron chi connectivity index (χ3n) is 12.8. The summed E-state index contributed by atoms with van der Waals surface area (Å²) in [4.78, 5) is 42.7. The van der Waals surface area contributed by atoms with Crippen molar-refractivity contribution in [3.63, 3.8) is 0 Å². The van der Waals surface area contributed by atoms with Gasteiger partial charge in [0, 0.05) is 25.3 Å². The molecule has 0 aromatic heterocycles. The van der Waals surface area contributed by atoms with E-state index in [0.29, 0.717) is 68.3 Å². The highest BCUT2D eigenvalue weighted by Crippen LogP contribution is 2.60. The van der Waals surface area contributed by atoms with Gasteiger partial charge in [0.25, 0.3) is 0 Å². The van der Waals surface area contributed by atoms with Crippen molar-refractivity contribution in [3.8, 4) is 11.1 Å². The second-order valence-electron chi connectivity index (χ2n) is 15.9. The van der Waals surface area contributed by atoms with Gasteiger partial charge >= 0.3 is 18.1 Å². The van der Waals surface area contributed by atoms with Crippen LogP contribution in [0.5, 0.6) is 0 Å². The maximum absolute atomic E-state index is 14.1. The summed E-state index contributed by atoms with van der Waals surface area (Å²) in [6, 6.07) is 32.9. The van der Waals surface area contributed by atoms with Crippen LogP contribution in [-0.4, -0.2) is 54.9 Å². The van der Waals surface area contributed by atoms with Crippen LogP contribution >= 0.6 is 0 Å². The molecular weight excluding hydrogens is 744 g/mol. The molecule has 296 valence electrons. The Morgan fingerprint density at radius 1 is 0.603 bits per heavy atom. The highest BCUT2D eigenvalue weighted by Gasteiger charge is 2.50. The number of benzene rings is 5. The Labute approximate surface area is 334 Å². The van der Waals surface area contributed by atoms with E-state index in [0.717, 1.165) is 58.5 Å². The Bertz CT molecular complexity index is 2350. The fourth-order valence-corrected chi connectivity index (χ4v) is 10.2. The number of morpholine rings is 1. The van der Waals surface area contributed by atoms with Crippen molar-refractivity contribution in [1.29, 1.82) is 0 Å². The van der Waals surface area contributed by atoms with Gasteiger partial charge in [-0.15, -0.1) is 10.1 Å². The van der Waals surface area contributed by atoms with Crippen LogP contribution < -0.4 is 4.90 Å². The lowest BCUT2D eigenvalue weighted by molar-refractivity contribution is -0.184. The average molecular weight is 786 g/mol. The summed E-state index contributed by atoms with van der Waals surface area (Å²) >= 11 is 0. The normalized spacial score (nSPS) is 23.9. The first-order valence-corrected chi connectivity index (χ1v) is 20.1. The fraction of sp³-hybridized carbons (Fsp3) is 0.319. The lowest BCUT2D eigenvalue weighted by atomic mass is 9.84. The van der Waals surface area contributed by atoms with Crippen molar-refractivity contribution in [1.82, 2.24) is 10.1 Å². The van der Waals surface area contributed by atoms with Gasteiger partial charge in [-0.1, -0.05) is 78.9 Å². The van der Waals surface area contributed by atoms with Crippen LogP contribution in [0.15, 0.2) is 115 Å². The highest BCUT2D eigenvalue weighted by molar-refractivity contribution is 5.89. The highest BCUT2D eigenvalue weighted by atomic mass is 19.4. The molecule has 5 unspecified atom stereocenters. The van der Waals surface area contributed by atoms with Crippen LogP contribution in [0.1, 0.15) is 110 Å². The molecule has 11 heteroatoms. The summed E-state index contributed by atoms with van der Waals surface area (Å²) in [7, 11) is 0. The van der Waals surface area contributed by atoms with Gasteiger partial charge in [0.15, 0.2) is 0 Å². The Morgan fingerprint density at radius 3 is 1.91 bits per heavy atom. The molecule has 0 radical (unpaired) electrons. The molecule has 5 aromatic carbocycles. The second-order valence-corrected chi connectivity index (χ2v) is 15.9. The first kappa shape index (κ1) is 36.8. The Kier molecular flexibility index (Phi) is 9.34. The Balaban J connectivity index is 1.09. The molecule has 3 aliphatic heterocycles. The van der Waals surface area contributed by atoms with Crippen LogP contribution in [-0.2, 0) is 20.6 Å². The lowest BCUT2D eigenvalue weighted by Crippen LogP contribution is -2.41. The van der Waals surface area contributed by atoms with Gasteiger partial charge in [-0.05, 0) is 113 Å². The van der Waals surface area contributed by atoms with E-state index in [2.05, 4.69) is 23.1 Å². The number of ether oxygens (including phenoxy) is 1.